The molecule has 6 atom stereocenters. The number of carboxylic acids is 1. The van der Waals surface area contributed by atoms with Crippen LogP contribution in [-0.4, -0.2) is 163 Å². The van der Waals surface area contributed by atoms with Crippen molar-refractivity contribution < 1.29 is 36.3 Å². The summed E-state index contributed by atoms with van der Waals surface area (Å²) in [6, 6.07) is 54.5. The van der Waals surface area contributed by atoms with E-state index in [0.717, 1.165) is 69.8 Å². The van der Waals surface area contributed by atoms with Gasteiger partial charge in [0.25, 0.3) is 20.0 Å². The van der Waals surface area contributed by atoms with Gasteiger partial charge in [0.1, 0.15) is 0 Å². The van der Waals surface area contributed by atoms with Gasteiger partial charge in [0.2, 0.25) is 11.8 Å². The molecule has 0 aliphatic heterocycles. The minimum Gasteiger partial charge on any atom is -0.481 e. The molecule has 0 spiro atoms. The van der Waals surface area contributed by atoms with E-state index in [0.29, 0.717) is 76.8 Å². The molecular formula is C80H95Cl3N12O8S2. The second kappa shape index (κ2) is 37.9. The molecule has 2 amide bonds. The third-order valence-corrected chi connectivity index (χ3v) is 22.9. The Balaban J connectivity index is 0.000000187. The maximum absolute atomic E-state index is 13.2. The Kier molecular flexibility index (Phi) is 29.6. The molecular weight excluding hydrogens is 1430 g/mol. The van der Waals surface area contributed by atoms with E-state index in [-0.39, 0.29) is 63.9 Å². The molecule has 11 rings (SSSR count). The van der Waals surface area contributed by atoms with E-state index in [1.54, 1.807) is 73.1 Å². The molecule has 556 valence electrons. The summed E-state index contributed by atoms with van der Waals surface area (Å²) in [7, 11) is 4.25. The van der Waals surface area contributed by atoms with E-state index in [2.05, 4.69) is 61.1 Å². The number of fused-ring (bicyclic) bond motifs is 3. The van der Waals surface area contributed by atoms with Gasteiger partial charge in [-0.1, -0.05) is 182 Å². The fourth-order valence-electron chi connectivity index (χ4n) is 11.9. The number of carbonyl (C=O) groups excluding carboxylic acids is 2. The molecule has 0 saturated heterocycles. The van der Waals surface area contributed by atoms with Gasteiger partial charge in [-0.3, -0.25) is 19.5 Å². The van der Waals surface area contributed by atoms with E-state index in [4.69, 9.17) is 45.6 Å². The Morgan fingerprint density at radius 1 is 0.486 bits per heavy atom. The summed E-state index contributed by atoms with van der Waals surface area (Å²) in [5, 5.41) is 34.1. The Labute approximate surface area is 632 Å². The molecule has 0 aliphatic rings. The molecule has 20 nitrogen and oxygen atoms in total. The summed E-state index contributed by atoms with van der Waals surface area (Å²) in [5.74, 6) is -0.262. The summed E-state index contributed by atoms with van der Waals surface area (Å²) in [6.45, 7) is 11.4. The van der Waals surface area contributed by atoms with Crippen molar-refractivity contribution in [3.63, 3.8) is 0 Å². The largest absolute Gasteiger partial charge is 0.481 e. The Bertz CT molecular complexity index is 4910. The van der Waals surface area contributed by atoms with Gasteiger partial charge in [0.15, 0.2) is 0 Å². The molecule has 0 radical (unpaired) electrons. The first-order chi connectivity index (χ1) is 49.9. The van der Waals surface area contributed by atoms with Crippen LogP contribution in [0.15, 0.2) is 204 Å². The number of likely N-dealkylation sites (N-methyl/N-ethyl adjacent to an activating group) is 3. The average molecular weight is 1520 g/mol. The number of aromatic nitrogens is 6. The van der Waals surface area contributed by atoms with Crippen LogP contribution in [0.1, 0.15) is 102 Å². The molecule has 3 aromatic heterocycles. The van der Waals surface area contributed by atoms with Crippen molar-refractivity contribution in [1.82, 2.24) is 53.9 Å². The number of aromatic amines is 1. The van der Waals surface area contributed by atoms with Crippen LogP contribution in [0.2, 0.25) is 15.1 Å². The number of nitrogens with one attached hydrogen (secondary N) is 3. The van der Waals surface area contributed by atoms with Crippen LogP contribution in [-0.2, 0) is 53.7 Å². The molecule has 25 heteroatoms. The van der Waals surface area contributed by atoms with E-state index in [1.165, 1.54) is 11.8 Å². The van der Waals surface area contributed by atoms with E-state index in [1.807, 2.05) is 177 Å². The number of amides is 2. The third-order valence-electron chi connectivity index (χ3n) is 18.6. The van der Waals surface area contributed by atoms with E-state index >= 15 is 0 Å². The van der Waals surface area contributed by atoms with Crippen LogP contribution in [0.4, 0.5) is 0 Å². The molecule has 0 saturated carbocycles. The standard InChI is InChI=1S/C29H33ClN4O3S.C22H27ClN4O.C19H23ClN4O2S.C10H12O2/c1-20-10-12-26(13-11-20)38(36,37)34-28-17-27(30)23(15-24(28)18-32-34)16-25(33(3)4)19-31-29(35)14-21(2)22-8-6-5-7-9-22;1-15(16-7-5-4-6-8-16)9-22(28)24-14-19(27(2)3)11-17-10-18-13-25-26-21(18)12-20(17)23;1-13-4-6-17(7-5-13)27(25,26)24-19-10-18(20)14(8-15(19)12-22-24)9-16(11-21)23(2)3;1-8(7-10(11)12)9-5-3-2-4-6-9/h5-13,15,17-18,21,25H,14,16,19H2,1-4H3,(H,31,35);4-8,10,12-13,15,19H,9,11,14H2,1-3H3,(H,24,28)(H,25,26);4-8,10,12,16H,9,11,21H2,1-3H3;2-6,8H,7H2,1H3,(H,11,12)/t21-,25-;15-,19-;16-;8-/m0000/s1. The Hall–Kier alpha value is -8.81. The lowest BCUT2D eigenvalue weighted by Crippen LogP contribution is -2.41. The predicted octanol–water partition coefficient (Wildman–Crippen LogP) is 13.9. The zero-order chi connectivity index (χ0) is 76.3. The summed E-state index contributed by atoms with van der Waals surface area (Å²) in [6.07, 6.45) is 7.97. The summed E-state index contributed by atoms with van der Waals surface area (Å²) in [5.41, 5.74) is 15.8. The lowest BCUT2D eigenvalue weighted by atomic mass is 9.97. The predicted molar refractivity (Wildman–Crippen MR) is 423 cm³/mol. The van der Waals surface area contributed by atoms with Crippen molar-refractivity contribution in [3.8, 4) is 0 Å². The van der Waals surface area contributed by atoms with Crippen LogP contribution in [0, 0.1) is 13.8 Å². The molecule has 105 heavy (non-hydrogen) atoms. The number of H-pyrrole nitrogens is 1. The first-order valence-electron chi connectivity index (χ1n) is 34.6. The van der Waals surface area contributed by atoms with Crippen molar-refractivity contribution in [2.24, 2.45) is 5.73 Å². The van der Waals surface area contributed by atoms with Crippen molar-refractivity contribution >= 4 is 105 Å². The van der Waals surface area contributed by atoms with Crippen LogP contribution >= 0.6 is 34.8 Å². The third kappa shape index (κ3) is 22.6. The highest BCUT2D eigenvalue weighted by atomic mass is 35.5. The first-order valence-corrected chi connectivity index (χ1v) is 38.6. The zero-order valence-electron chi connectivity index (χ0n) is 61.2. The van der Waals surface area contributed by atoms with Gasteiger partial charge in [-0.25, -0.2) is 0 Å². The number of benzene rings is 8. The Morgan fingerprint density at radius 2 is 0.829 bits per heavy atom. The molecule has 6 N–H and O–H groups in total. The van der Waals surface area contributed by atoms with Gasteiger partial charge in [-0.15, -0.1) is 0 Å². The second-order valence-electron chi connectivity index (χ2n) is 27.3. The fraction of sp³-hybridized carbons (Fsp3) is 0.325. The molecule has 8 aromatic carbocycles. The van der Waals surface area contributed by atoms with Crippen molar-refractivity contribution in [1.29, 1.82) is 0 Å². The van der Waals surface area contributed by atoms with Crippen LogP contribution in [0.5, 0.6) is 0 Å². The fourth-order valence-corrected chi connectivity index (χ4v) is 15.1. The number of aliphatic carboxylic acids is 1. The number of hydrogen-bond donors (Lipinski definition) is 5. The average Bonchev–Trinajstić information content (AvgIpc) is 1.43. The van der Waals surface area contributed by atoms with Crippen molar-refractivity contribution in [2.75, 3.05) is 61.9 Å². The lowest BCUT2D eigenvalue weighted by Gasteiger charge is -2.25. The first kappa shape index (κ1) is 81.9. The molecule has 3 heterocycles. The van der Waals surface area contributed by atoms with Crippen molar-refractivity contribution in [3.05, 3.63) is 254 Å². The van der Waals surface area contributed by atoms with Gasteiger partial charge >= 0.3 is 5.97 Å². The molecule has 11 aromatic rings. The van der Waals surface area contributed by atoms with Gasteiger partial charge in [-0.2, -0.15) is 40.3 Å². The summed E-state index contributed by atoms with van der Waals surface area (Å²) < 4.78 is 54.4. The number of aryl methyl sites for hydroxylation is 2. The van der Waals surface area contributed by atoms with Gasteiger partial charge in [0, 0.05) is 81.8 Å². The second-order valence-corrected chi connectivity index (χ2v) is 32.0. The maximum atomic E-state index is 13.2. The highest BCUT2D eigenvalue weighted by Crippen LogP contribution is 2.32. The van der Waals surface area contributed by atoms with E-state index in [9.17, 15) is 31.2 Å². The SMILES string of the molecule is C[C@@H](CC(=O)NC[C@H](Cc1cc2cn[nH]c2cc1Cl)N(C)C)c1ccccc1.C[C@@H](CC(=O)O)c1ccccc1.Cc1ccc(S(=O)(=O)n2ncc3cc(C[C@@H](CN)N(C)C)c(Cl)cc32)cc1.Cc1ccc(S(=O)(=O)n2ncc3cc(C[C@@H](CNC(=O)C[C@H](C)c4ccccc4)N(C)C)c(Cl)cc32)cc1. The van der Waals surface area contributed by atoms with Gasteiger partial charge < -0.3 is 36.2 Å². The number of rotatable bonds is 27. The quantitative estimate of drug-likeness (QED) is 0.0320. The molecule has 0 fully saturated rings. The smallest absolute Gasteiger partial charge is 0.303 e. The number of carboxylic acid groups (broad SMARTS) is 1. The number of hydrogen-bond acceptors (Lipinski definition) is 14. The summed E-state index contributed by atoms with van der Waals surface area (Å²) in [4.78, 5) is 42.1. The van der Waals surface area contributed by atoms with Crippen LogP contribution in [0.25, 0.3) is 32.7 Å². The minimum absolute atomic E-state index is 0.00246. The molecule has 0 aliphatic carbocycles. The highest BCUT2D eigenvalue weighted by Gasteiger charge is 2.26. The van der Waals surface area contributed by atoms with Crippen molar-refractivity contribution in [2.45, 2.75) is 119 Å². The van der Waals surface area contributed by atoms with Crippen LogP contribution in [0.3, 0.4) is 0 Å². The normalized spacial score (nSPS) is 13.4. The number of nitrogens with two attached hydrogens (primary N) is 1. The maximum Gasteiger partial charge on any atom is 0.303 e. The summed E-state index contributed by atoms with van der Waals surface area (Å²) >= 11 is 19.6. The molecule has 0 bridgehead atoms. The topological polar surface area (TPSA) is 264 Å². The zero-order valence-corrected chi connectivity index (χ0v) is 65.1. The highest BCUT2D eigenvalue weighted by molar-refractivity contribution is 7.90. The minimum atomic E-state index is -3.86. The number of nitrogens with zero attached hydrogens (tertiary/aromatic N) is 8. The lowest BCUT2D eigenvalue weighted by molar-refractivity contribution is -0.137. The van der Waals surface area contributed by atoms with E-state index < -0.39 is 26.0 Å². The van der Waals surface area contributed by atoms with Crippen LogP contribution < -0.4 is 16.4 Å². The monoisotopic (exact) mass is 1520 g/mol. The van der Waals surface area contributed by atoms with Gasteiger partial charge in [-0.05, 0) is 187 Å². The van der Waals surface area contributed by atoms with Gasteiger partial charge in [0.05, 0.1) is 51.4 Å². The number of halogens is 3. The molecule has 0 unspecified atom stereocenters. The Morgan fingerprint density at radius 3 is 1.18 bits per heavy atom. The number of carbonyl (C=O) groups is 3.